The van der Waals surface area contributed by atoms with Gasteiger partial charge in [0.1, 0.15) is 0 Å². The van der Waals surface area contributed by atoms with Gasteiger partial charge in [0, 0.05) is 43.6 Å². The molecule has 3 heterocycles. The van der Waals surface area contributed by atoms with Crippen LogP contribution in [-0.2, 0) is 11.2 Å². The maximum atomic E-state index is 12.8. The first kappa shape index (κ1) is 17.8. The van der Waals surface area contributed by atoms with Crippen molar-refractivity contribution in [3.05, 3.63) is 51.2 Å². The third-order valence-electron chi connectivity index (χ3n) is 5.57. The van der Waals surface area contributed by atoms with Crippen molar-refractivity contribution in [1.82, 2.24) is 9.80 Å². The van der Waals surface area contributed by atoms with E-state index in [1.54, 1.807) is 0 Å². The highest BCUT2D eigenvalue weighted by Gasteiger charge is 2.29. The van der Waals surface area contributed by atoms with Crippen LogP contribution in [0.1, 0.15) is 23.4 Å². The quantitative estimate of drug-likeness (QED) is 0.801. The summed E-state index contributed by atoms with van der Waals surface area (Å²) >= 11 is 8.14. The van der Waals surface area contributed by atoms with Crippen molar-refractivity contribution in [2.45, 2.75) is 19.4 Å². The summed E-state index contributed by atoms with van der Waals surface area (Å²) < 4.78 is 0. The number of hydrogen-bond donors (Lipinski definition) is 0. The molecule has 2 aromatic rings. The van der Waals surface area contributed by atoms with Gasteiger partial charge in [0.05, 0.1) is 17.3 Å². The number of anilines is 1. The Bertz CT molecular complexity index is 785. The standard InChI is InChI=1S/C20H24ClN3OS/c1-15-16-7-13-26-19(16)6-8-24(15)14-20(25)23-11-9-22(10-12-23)18-5-3-2-4-17(18)21/h2-5,7,13,15H,6,8-12,14H2,1H3/t15-/m1/s1. The number of para-hydroxylation sites is 1. The van der Waals surface area contributed by atoms with E-state index in [1.807, 2.05) is 40.5 Å². The minimum atomic E-state index is 0.245. The van der Waals surface area contributed by atoms with Crippen LogP contribution in [0.25, 0.3) is 0 Å². The van der Waals surface area contributed by atoms with Gasteiger partial charge in [0.2, 0.25) is 5.91 Å². The van der Waals surface area contributed by atoms with Crippen LogP contribution in [0.2, 0.25) is 5.02 Å². The van der Waals surface area contributed by atoms with Crippen molar-refractivity contribution in [1.29, 1.82) is 0 Å². The molecule has 0 saturated carbocycles. The molecule has 0 N–H and O–H groups in total. The first-order chi connectivity index (χ1) is 12.6. The fourth-order valence-corrected chi connectivity index (χ4v) is 5.17. The molecule has 6 heteroatoms. The summed E-state index contributed by atoms with van der Waals surface area (Å²) in [6.45, 7) is 6.89. The van der Waals surface area contributed by atoms with Crippen molar-refractivity contribution in [2.75, 3.05) is 44.2 Å². The van der Waals surface area contributed by atoms with Gasteiger partial charge in [-0.1, -0.05) is 23.7 Å². The Labute approximate surface area is 164 Å². The van der Waals surface area contributed by atoms with Crippen molar-refractivity contribution < 1.29 is 4.79 Å². The van der Waals surface area contributed by atoms with Crippen LogP contribution in [0.4, 0.5) is 5.69 Å². The first-order valence-corrected chi connectivity index (χ1v) is 10.5. The van der Waals surface area contributed by atoms with Crippen molar-refractivity contribution in [3.8, 4) is 0 Å². The SMILES string of the molecule is C[C@@H]1c2ccsc2CCN1CC(=O)N1CCN(c2ccccc2Cl)CC1. The molecule has 2 aliphatic heterocycles. The van der Waals surface area contributed by atoms with E-state index < -0.39 is 0 Å². The lowest BCUT2D eigenvalue weighted by molar-refractivity contribution is -0.133. The van der Waals surface area contributed by atoms with Crippen molar-refractivity contribution in [2.24, 2.45) is 0 Å². The molecule has 1 amide bonds. The van der Waals surface area contributed by atoms with E-state index >= 15 is 0 Å². The number of halogens is 1. The molecule has 1 saturated heterocycles. The van der Waals surface area contributed by atoms with E-state index in [0.29, 0.717) is 12.6 Å². The molecule has 0 bridgehead atoms. The lowest BCUT2D eigenvalue weighted by Gasteiger charge is -2.39. The normalized spacial score (nSPS) is 20.9. The second-order valence-corrected chi connectivity index (χ2v) is 8.42. The Balaban J connectivity index is 1.34. The Kier molecular flexibility index (Phi) is 5.20. The first-order valence-electron chi connectivity index (χ1n) is 9.21. The number of amides is 1. The highest BCUT2D eigenvalue weighted by molar-refractivity contribution is 7.10. The Morgan fingerprint density at radius 1 is 1.15 bits per heavy atom. The third-order valence-corrected chi connectivity index (χ3v) is 6.88. The molecule has 0 unspecified atom stereocenters. The maximum absolute atomic E-state index is 12.8. The molecular formula is C20H24ClN3OS. The Morgan fingerprint density at radius 3 is 2.69 bits per heavy atom. The molecule has 4 rings (SSSR count). The highest BCUT2D eigenvalue weighted by atomic mass is 35.5. The van der Waals surface area contributed by atoms with Crippen LogP contribution in [0, 0.1) is 0 Å². The summed E-state index contributed by atoms with van der Waals surface area (Å²) in [5.41, 5.74) is 2.47. The number of carbonyl (C=O) groups is 1. The minimum absolute atomic E-state index is 0.245. The number of thiophene rings is 1. The fourth-order valence-electron chi connectivity index (χ4n) is 3.96. The van der Waals surface area contributed by atoms with Crippen LogP contribution in [-0.4, -0.2) is 55.0 Å². The summed E-state index contributed by atoms with van der Waals surface area (Å²) in [5, 5.41) is 2.95. The molecule has 138 valence electrons. The summed E-state index contributed by atoms with van der Waals surface area (Å²) in [6.07, 6.45) is 1.06. The second kappa shape index (κ2) is 7.59. The number of fused-ring (bicyclic) bond motifs is 1. The summed E-state index contributed by atoms with van der Waals surface area (Å²) in [5.74, 6) is 0.245. The highest BCUT2D eigenvalue weighted by Crippen LogP contribution is 2.32. The van der Waals surface area contributed by atoms with Gasteiger partial charge in [-0.05, 0) is 42.5 Å². The average molecular weight is 390 g/mol. The van der Waals surface area contributed by atoms with E-state index in [1.165, 1.54) is 10.4 Å². The molecule has 1 atom stereocenters. The van der Waals surface area contributed by atoms with Gasteiger partial charge in [-0.25, -0.2) is 0 Å². The zero-order valence-electron chi connectivity index (χ0n) is 15.0. The van der Waals surface area contributed by atoms with Crippen LogP contribution in [0.3, 0.4) is 0 Å². The van der Waals surface area contributed by atoms with Gasteiger partial charge >= 0.3 is 0 Å². The van der Waals surface area contributed by atoms with Gasteiger partial charge in [-0.3, -0.25) is 9.69 Å². The van der Waals surface area contributed by atoms with E-state index in [2.05, 4.69) is 28.2 Å². The minimum Gasteiger partial charge on any atom is -0.367 e. The number of hydrogen-bond acceptors (Lipinski definition) is 4. The van der Waals surface area contributed by atoms with E-state index in [0.717, 1.165) is 49.9 Å². The van der Waals surface area contributed by atoms with Crippen LogP contribution in [0.5, 0.6) is 0 Å². The summed E-state index contributed by atoms with van der Waals surface area (Å²) in [4.78, 5) is 20.9. The van der Waals surface area contributed by atoms with Gasteiger partial charge in [0.25, 0.3) is 0 Å². The molecule has 26 heavy (non-hydrogen) atoms. The molecule has 0 spiro atoms. The van der Waals surface area contributed by atoms with Crippen molar-refractivity contribution >= 4 is 34.5 Å². The number of carbonyl (C=O) groups excluding carboxylic acids is 1. The fraction of sp³-hybridized carbons (Fsp3) is 0.450. The monoisotopic (exact) mass is 389 g/mol. The molecule has 1 fully saturated rings. The summed E-state index contributed by atoms with van der Waals surface area (Å²) in [7, 11) is 0. The van der Waals surface area contributed by atoms with Gasteiger partial charge < -0.3 is 9.80 Å². The third kappa shape index (κ3) is 3.48. The second-order valence-electron chi connectivity index (χ2n) is 7.01. The lowest BCUT2D eigenvalue weighted by atomic mass is 10.0. The van der Waals surface area contributed by atoms with Crippen LogP contribution in [0.15, 0.2) is 35.7 Å². The molecule has 0 radical (unpaired) electrons. The Hall–Kier alpha value is -1.56. The topological polar surface area (TPSA) is 26.8 Å². The van der Waals surface area contributed by atoms with Gasteiger partial charge in [0.15, 0.2) is 0 Å². The predicted octanol–water partition coefficient (Wildman–Crippen LogP) is 3.67. The summed E-state index contributed by atoms with van der Waals surface area (Å²) in [6, 6.07) is 10.5. The number of piperazine rings is 1. The lowest BCUT2D eigenvalue weighted by Crippen LogP contribution is -2.52. The van der Waals surface area contributed by atoms with Crippen molar-refractivity contribution in [3.63, 3.8) is 0 Å². The molecular weight excluding hydrogens is 366 g/mol. The largest absolute Gasteiger partial charge is 0.367 e. The van der Waals surface area contributed by atoms with Gasteiger partial charge in [-0.2, -0.15) is 0 Å². The number of nitrogens with zero attached hydrogens (tertiary/aromatic N) is 3. The zero-order valence-corrected chi connectivity index (χ0v) is 16.6. The van der Waals surface area contributed by atoms with Gasteiger partial charge in [-0.15, -0.1) is 11.3 Å². The molecule has 4 nitrogen and oxygen atoms in total. The molecule has 1 aromatic heterocycles. The average Bonchev–Trinajstić information content (AvgIpc) is 3.14. The van der Waals surface area contributed by atoms with E-state index in [-0.39, 0.29) is 5.91 Å². The van der Waals surface area contributed by atoms with Crippen LogP contribution >= 0.6 is 22.9 Å². The van der Waals surface area contributed by atoms with E-state index in [4.69, 9.17) is 11.6 Å². The Morgan fingerprint density at radius 2 is 1.92 bits per heavy atom. The number of benzene rings is 1. The van der Waals surface area contributed by atoms with Crippen LogP contribution < -0.4 is 4.90 Å². The predicted molar refractivity (Wildman–Crippen MR) is 108 cm³/mol. The number of rotatable bonds is 3. The smallest absolute Gasteiger partial charge is 0.236 e. The molecule has 0 aliphatic carbocycles. The zero-order chi connectivity index (χ0) is 18.1. The molecule has 2 aliphatic rings. The maximum Gasteiger partial charge on any atom is 0.236 e. The molecule has 1 aromatic carbocycles. The van der Waals surface area contributed by atoms with E-state index in [9.17, 15) is 4.79 Å².